The van der Waals surface area contributed by atoms with Gasteiger partial charge in [0, 0.05) is 30.8 Å². The molecule has 0 aromatic heterocycles. The van der Waals surface area contributed by atoms with Crippen molar-refractivity contribution in [2.24, 2.45) is 0 Å². The minimum absolute atomic E-state index is 0.128. The normalized spacial score (nSPS) is 18.1. The van der Waals surface area contributed by atoms with Gasteiger partial charge in [-0.15, -0.1) is 0 Å². The standard InChI is InChI=1S/C31H33N3O4/c35-27(24-11-4-1-5-12-24)17-10-20-32-21-18-31(19-22-32)30(38)33(23-34(31)26-15-8-3-9-16-26)28(29(36)37)25-13-6-2-7-14-25/h1-9,11-16,28H,10,17-23H2,(H,36,37). The number of rotatable bonds is 9. The number of hydrogen-bond donors (Lipinski definition) is 1. The molecular weight excluding hydrogens is 478 g/mol. The van der Waals surface area contributed by atoms with Gasteiger partial charge in [0.05, 0.1) is 6.67 Å². The van der Waals surface area contributed by atoms with Crippen LogP contribution in [0.1, 0.15) is 47.6 Å². The summed E-state index contributed by atoms with van der Waals surface area (Å²) in [7, 11) is 0. The topological polar surface area (TPSA) is 81.2 Å². The smallest absolute Gasteiger partial charge is 0.331 e. The fourth-order valence-corrected chi connectivity index (χ4v) is 5.82. The first-order chi connectivity index (χ1) is 18.5. The second kappa shape index (κ2) is 11.2. The van der Waals surface area contributed by atoms with Gasteiger partial charge < -0.3 is 19.8 Å². The summed E-state index contributed by atoms with van der Waals surface area (Å²) in [6, 6.07) is 27.1. The number of carboxylic acid groups (broad SMARTS) is 1. The minimum atomic E-state index is -1.05. The summed E-state index contributed by atoms with van der Waals surface area (Å²) in [5.41, 5.74) is 1.47. The number of aliphatic carboxylic acids is 1. The molecule has 1 amide bonds. The highest BCUT2D eigenvalue weighted by molar-refractivity contribution is 5.97. The Kier molecular flexibility index (Phi) is 7.56. The first-order valence-corrected chi connectivity index (χ1v) is 13.2. The Hall–Kier alpha value is -3.97. The van der Waals surface area contributed by atoms with Crippen LogP contribution in [0.4, 0.5) is 5.69 Å². The number of hydrogen-bond acceptors (Lipinski definition) is 5. The summed E-state index contributed by atoms with van der Waals surface area (Å²) in [5.74, 6) is -1.01. The molecule has 0 radical (unpaired) electrons. The van der Waals surface area contributed by atoms with Crippen LogP contribution in [0.15, 0.2) is 91.0 Å². The zero-order valence-electron chi connectivity index (χ0n) is 21.4. The lowest BCUT2D eigenvalue weighted by Gasteiger charge is -2.43. The van der Waals surface area contributed by atoms with Gasteiger partial charge in [-0.2, -0.15) is 0 Å². The zero-order chi connectivity index (χ0) is 26.5. The number of nitrogens with zero attached hydrogens (tertiary/aromatic N) is 3. The second-order valence-electron chi connectivity index (χ2n) is 10.1. The molecule has 0 bridgehead atoms. The van der Waals surface area contributed by atoms with Crippen LogP contribution >= 0.6 is 0 Å². The first kappa shape index (κ1) is 25.7. The quantitative estimate of drug-likeness (QED) is 0.423. The molecule has 3 aromatic rings. The van der Waals surface area contributed by atoms with Gasteiger partial charge in [0.25, 0.3) is 5.91 Å². The lowest BCUT2D eigenvalue weighted by atomic mass is 9.85. The van der Waals surface area contributed by atoms with Crippen molar-refractivity contribution in [2.45, 2.75) is 37.3 Å². The summed E-state index contributed by atoms with van der Waals surface area (Å²) in [6.07, 6.45) is 2.46. The monoisotopic (exact) mass is 511 g/mol. The van der Waals surface area contributed by atoms with Gasteiger partial charge in [-0.25, -0.2) is 4.79 Å². The molecule has 2 saturated heterocycles. The van der Waals surface area contributed by atoms with Crippen molar-refractivity contribution in [3.05, 3.63) is 102 Å². The largest absolute Gasteiger partial charge is 0.479 e. The molecule has 1 unspecified atom stereocenters. The number of piperidine rings is 1. The average Bonchev–Trinajstić information content (AvgIpc) is 3.22. The Morgan fingerprint density at radius 3 is 2.03 bits per heavy atom. The molecule has 2 heterocycles. The van der Waals surface area contributed by atoms with Crippen LogP contribution in [0.25, 0.3) is 0 Å². The van der Waals surface area contributed by atoms with Crippen LogP contribution in [0, 0.1) is 0 Å². The number of Topliss-reactive ketones (excluding diaryl/α,β-unsaturated/α-hetero) is 1. The van der Waals surface area contributed by atoms with Crippen LogP contribution in [-0.2, 0) is 9.59 Å². The number of anilines is 1. The molecule has 1 N–H and O–H groups in total. The molecule has 3 aromatic carbocycles. The van der Waals surface area contributed by atoms with Crippen LogP contribution in [-0.4, -0.2) is 64.4 Å². The molecule has 7 nitrogen and oxygen atoms in total. The lowest BCUT2D eigenvalue weighted by Crippen LogP contribution is -2.56. The molecular formula is C31H33N3O4. The van der Waals surface area contributed by atoms with Gasteiger partial charge >= 0.3 is 5.97 Å². The maximum atomic E-state index is 14.1. The van der Waals surface area contributed by atoms with Crippen LogP contribution < -0.4 is 4.90 Å². The van der Waals surface area contributed by atoms with E-state index in [0.29, 0.717) is 37.9 Å². The number of carbonyl (C=O) groups is 3. The number of benzene rings is 3. The predicted molar refractivity (Wildman–Crippen MR) is 146 cm³/mol. The van der Waals surface area contributed by atoms with Crippen molar-refractivity contribution in [1.82, 2.24) is 9.80 Å². The van der Waals surface area contributed by atoms with Gasteiger partial charge in [-0.3, -0.25) is 9.59 Å². The van der Waals surface area contributed by atoms with Crippen molar-refractivity contribution in [2.75, 3.05) is 31.2 Å². The maximum Gasteiger partial charge on any atom is 0.331 e. The second-order valence-corrected chi connectivity index (χ2v) is 10.1. The number of amides is 1. The Morgan fingerprint density at radius 1 is 0.842 bits per heavy atom. The fraction of sp³-hybridized carbons (Fsp3) is 0.323. The van der Waals surface area contributed by atoms with Crippen molar-refractivity contribution in [3.63, 3.8) is 0 Å². The molecule has 0 saturated carbocycles. The van der Waals surface area contributed by atoms with Gasteiger partial charge in [0.15, 0.2) is 11.8 Å². The summed E-state index contributed by atoms with van der Waals surface area (Å²) >= 11 is 0. The van der Waals surface area contributed by atoms with E-state index in [1.807, 2.05) is 66.7 Å². The first-order valence-electron chi connectivity index (χ1n) is 13.2. The van der Waals surface area contributed by atoms with Gasteiger partial charge in [-0.05, 0) is 43.5 Å². The highest BCUT2D eigenvalue weighted by Gasteiger charge is 2.56. The van der Waals surface area contributed by atoms with E-state index >= 15 is 0 Å². The van der Waals surface area contributed by atoms with E-state index in [4.69, 9.17) is 0 Å². The van der Waals surface area contributed by atoms with Gasteiger partial charge in [0.1, 0.15) is 5.54 Å². The fourth-order valence-electron chi connectivity index (χ4n) is 5.82. The molecule has 2 fully saturated rings. The minimum Gasteiger partial charge on any atom is -0.479 e. The molecule has 2 aliphatic rings. The summed E-state index contributed by atoms with van der Waals surface area (Å²) < 4.78 is 0. The summed E-state index contributed by atoms with van der Waals surface area (Å²) in [6.45, 7) is 2.44. The van der Waals surface area contributed by atoms with Crippen LogP contribution in [0.2, 0.25) is 0 Å². The third-order valence-corrected chi connectivity index (χ3v) is 7.86. The number of ketones is 1. The van der Waals surface area contributed by atoms with E-state index in [-0.39, 0.29) is 18.4 Å². The number of likely N-dealkylation sites (tertiary alicyclic amines) is 1. The van der Waals surface area contributed by atoms with E-state index < -0.39 is 17.6 Å². The molecule has 7 heteroatoms. The average molecular weight is 512 g/mol. The molecule has 5 rings (SSSR count). The molecule has 1 atom stereocenters. The summed E-state index contributed by atoms with van der Waals surface area (Å²) in [4.78, 5) is 45.0. The number of carbonyl (C=O) groups excluding carboxylic acids is 2. The molecule has 1 spiro atoms. The van der Waals surface area contributed by atoms with E-state index in [1.54, 1.807) is 24.3 Å². The van der Waals surface area contributed by atoms with Gasteiger partial charge in [0.2, 0.25) is 0 Å². The highest BCUT2D eigenvalue weighted by Crippen LogP contribution is 2.42. The highest BCUT2D eigenvalue weighted by atomic mass is 16.4. The van der Waals surface area contributed by atoms with Crippen LogP contribution in [0.5, 0.6) is 0 Å². The molecule has 196 valence electrons. The molecule has 0 aliphatic carbocycles. The van der Waals surface area contributed by atoms with Crippen LogP contribution in [0.3, 0.4) is 0 Å². The Labute approximate surface area is 223 Å². The van der Waals surface area contributed by atoms with Gasteiger partial charge in [-0.1, -0.05) is 78.9 Å². The maximum absolute atomic E-state index is 14.1. The van der Waals surface area contributed by atoms with E-state index in [9.17, 15) is 19.5 Å². The van der Waals surface area contributed by atoms with E-state index in [0.717, 1.165) is 24.2 Å². The Bertz CT molecular complexity index is 1260. The third-order valence-electron chi connectivity index (χ3n) is 7.86. The van der Waals surface area contributed by atoms with Crippen molar-refractivity contribution in [3.8, 4) is 0 Å². The van der Waals surface area contributed by atoms with Crippen molar-refractivity contribution >= 4 is 23.3 Å². The Balaban J connectivity index is 1.31. The third kappa shape index (κ3) is 5.07. The van der Waals surface area contributed by atoms with E-state index in [2.05, 4.69) is 9.80 Å². The van der Waals surface area contributed by atoms with Crippen molar-refractivity contribution < 1.29 is 19.5 Å². The number of para-hydroxylation sites is 1. The SMILES string of the molecule is O=C(CCCN1CCC2(CC1)C(=O)N(C(C(=O)O)c1ccccc1)CN2c1ccccc1)c1ccccc1. The number of carboxylic acids is 1. The zero-order valence-corrected chi connectivity index (χ0v) is 21.4. The lowest BCUT2D eigenvalue weighted by molar-refractivity contribution is -0.150. The predicted octanol–water partition coefficient (Wildman–Crippen LogP) is 4.62. The Morgan fingerprint density at radius 2 is 1.42 bits per heavy atom. The molecule has 38 heavy (non-hydrogen) atoms. The molecule has 2 aliphatic heterocycles. The van der Waals surface area contributed by atoms with E-state index in [1.165, 1.54) is 4.90 Å². The van der Waals surface area contributed by atoms with Crippen molar-refractivity contribution in [1.29, 1.82) is 0 Å². The summed E-state index contributed by atoms with van der Waals surface area (Å²) in [5, 5.41) is 10.2.